The Bertz CT molecular complexity index is 466. The first-order chi connectivity index (χ1) is 9.08. The van der Waals surface area contributed by atoms with Gasteiger partial charge in [0.05, 0.1) is 16.4 Å². The molecule has 0 saturated carbocycles. The summed E-state index contributed by atoms with van der Waals surface area (Å²) in [6.45, 7) is 0.0803. The van der Waals surface area contributed by atoms with Crippen LogP contribution in [0.2, 0.25) is 5.02 Å². The quantitative estimate of drug-likeness (QED) is 0.898. The second kappa shape index (κ2) is 6.59. The summed E-state index contributed by atoms with van der Waals surface area (Å²) in [6.07, 6.45) is 0.998. The summed E-state index contributed by atoms with van der Waals surface area (Å²) in [5.41, 5.74) is 0.404. The van der Waals surface area contributed by atoms with E-state index in [2.05, 4.69) is 5.32 Å². The molecule has 0 radical (unpaired) electrons. The topological polar surface area (TPSA) is 49.3 Å². The standard InChI is InChI=1S/C13H15ClFNO2S/c14-9-4-3-8(6-10(9)15)11(17)7-16-13(18)12-2-1-5-19-12/h3-4,6,11-12,17H,1-2,5,7H2,(H,16,18). The third kappa shape index (κ3) is 3.84. The van der Waals surface area contributed by atoms with Crippen molar-refractivity contribution in [2.45, 2.75) is 24.2 Å². The van der Waals surface area contributed by atoms with Gasteiger partial charge in [0.2, 0.25) is 5.91 Å². The van der Waals surface area contributed by atoms with E-state index in [1.165, 1.54) is 12.1 Å². The fourth-order valence-electron chi connectivity index (χ4n) is 1.93. The minimum Gasteiger partial charge on any atom is -0.387 e. The van der Waals surface area contributed by atoms with Gasteiger partial charge in [-0.05, 0) is 36.3 Å². The Kier molecular flexibility index (Phi) is 5.07. The third-order valence-corrected chi connectivity index (χ3v) is 4.70. The zero-order valence-electron chi connectivity index (χ0n) is 10.2. The Morgan fingerprint density at radius 2 is 2.42 bits per heavy atom. The predicted molar refractivity (Wildman–Crippen MR) is 74.9 cm³/mol. The number of amides is 1. The van der Waals surface area contributed by atoms with Crippen LogP contribution in [0.3, 0.4) is 0 Å². The molecule has 2 atom stereocenters. The van der Waals surface area contributed by atoms with Gasteiger partial charge in [-0.2, -0.15) is 0 Å². The third-order valence-electron chi connectivity index (χ3n) is 3.02. The predicted octanol–water partition coefficient (Wildman–Crippen LogP) is 2.52. The van der Waals surface area contributed by atoms with Crippen LogP contribution >= 0.6 is 23.4 Å². The van der Waals surface area contributed by atoms with Crippen LogP contribution in [0.15, 0.2) is 18.2 Å². The van der Waals surface area contributed by atoms with Crippen LogP contribution in [0.1, 0.15) is 24.5 Å². The molecule has 2 N–H and O–H groups in total. The van der Waals surface area contributed by atoms with Gasteiger partial charge in [-0.1, -0.05) is 17.7 Å². The van der Waals surface area contributed by atoms with Crippen molar-refractivity contribution in [1.29, 1.82) is 0 Å². The van der Waals surface area contributed by atoms with Crippen molar-refractivity contribution in [3.63, 3.8) is 0 Å². The molecule has 1 aliphatic rings. The highest BCUT2D eigenvalue weighted by Gasteiger charge is 2.23. The summed E-state index contributed by atoms with van der Waals surface area (Å²) < 4.78 is 13.3. The molecule has 1 aliphatic heterocycles. The average Bonchev–Trinajstić information content (AvgIpc) is 2.92. The largest absolute Gasteiger partial charge is 0.387 e. The number of aliphatic hydroxyl groups is 1. The van der Waals surface area contributed by atoms with Gasteiger partial charge < -0.3 is 10.4 Å². The molecule has 1 fully saturated rings. The number of halogens is 2. The molecule has 6 heteroatoms. The van der Waals surface area contributed by atoms with Gasteiger partial charge in [-0.3, -0.25) is 4.79 Å². The minimum atomic E-state index is -0.929. The van der Waals surface area contributed by atoms with E-state index < -0.39 is 11.9 Å². The van der Waals surface area contributed by atoms with E-state index >= 15 is 0 Å². The van der Waals surface area contributed by atoms with Crippen molar-refractivity contribution in [3.05, 3.63) is 34.6 Å². The molecule has 1 amide bonds. The highest BCUT2D eigenvalue weighted by molar-refractivity contribution is 8.00. The maximum absolute atomic E-state index is 13.3. The molecule has 1 saturated heterocycles. The second-order valence-corrected chi connectivity index (χ2v) is 6.15. The summed E-state index contributed by atoms with van der Waals surface area (Å²) in [6, 6.07) is 4.13. The first kappa shape index (κ1) is 14.6. The van der Waals surface area contributed by atoms with Crippen molar-refractivity contribution < 1.29 is 14.3 Å². The van der Waals surface area contributed by atoms with E-state index in [0.717, 1.165) is 18.6 Å². The number of hydrogen-bond acceptors (Lipinski definition) is 3. The molecular formula is C13H15ClFNO2S. The molecular weight excluding hydrogens is 289 g/mol. The van der Waals surface area contributed by atoms with Gasteiger partial charge in [-0.25, -0.2) is 4.39 Å². The lowest BCUT2D eigenvalue weighted by Crippen LogP contribution is -2.34. The number of carbonyl (C=O) groups excluding carboxylic acids is 1. The summed E-state index contributed by atoms with van der Waals surface area (Å²) in [7, 11) is 0. The van der Waals surface area contributed by atoms with Gasteiger partial charge in [0.1, 0.15) is 5.82 Å². The Morgan fingerprint density at radius 1 is 1.63 bits per heavy atom. The highest BCUT2D eigenvalue weighted by Crippen LogP contribution is 2.26. The maximum Gasteiger partial charge on any atom is 0.233 e. The normalized spacial score (nSPS) is 20.3. The second-order valence-electron chi connectivity index (χ2n) is 4.44. The molecule has 3 nitrogen and oxygen atoms in total. The van der Waals surface area contributed by atoms with Gasteiger partial charge in [-0.15, -0.1) is 11.8 Å². The number of hydrogen-bond donors (Lipinski definition) is 2. The molecule has 0 aromatic heterocycles. The Hall–Kier alpha value is -0.780. The van der Waals surface area contributed by atoms with Crippen LogP contribution in [0.5, 0.6) is 0 Å². The zero-order chi connectivity index (χ0) is 13.8. The summed E-state index contributed by atoms with van der Waals surface area (Å²) in [4.78, 5) is 11.8. The first-order valence-corrected chi connectivity index (χ1v) is 7.53. The van der Waals surface area contributed by atoms with E-state index in [0.29, 0.717) is 5.56 Å². The summed E-state index contributed by atoms with van der Waals surface area (Å²) in [5, 5.41) is 12.6. The van der Waals surface area contributed by atoms with Gasteiger partial charge in [0.15, 0.2) is 0 Å². The molecule has 0 aliphatic carbocycles. The molecule has 1 aromatic rings. The monoisotopic (exact) mass is 303 g/mol. The lowest BCUT2D eigenvalue weighted by molar-refractivity contribution is -0.121. The molecule has 0 bridgehead atoms. The van der Waals surface area contributed by atoms with Gasteiger partial charge >= 0.3 is 0 Å². The van der Waals surface area contributed by atoms with Crippen molar-refractivity contribution in [2.24, 2.45) is 0 Å². The Balaban J connectivity index is 1.88. The van der Waals surface area contributed by atoms with Gasteiger partial charge in [0, 0.05) is 6.54 Å². The number of rotatable bonds is 4. The van der Waals surface area contributed by atoms with Gasteiger partial charge in [0.25, 0.3) is 0 Å². The van der Waals surface area contributed by atoms with Crippen LogP contribution in [-0.4, -0.2) is 28.6 Å². The minimum absolute atomic E-state index is 0.0161. The number of nitrogens with one attached hydrogen (secondary N) is 1. The van der Waals surface area contributed by atoms with E-state index in [1.54, 1.807) is 17.8 Å². The van der Waals surface area contributed by atoms with Crippen LogP contribution in [0.25, 0.3) is 0 Å². The number of thioether (sulfide) groups is 1. The van der Waals surface area contributed by atoms with E-state index in [-0.39, 0.29) is 22.7 Å². The average molecular weight is 304 g/mol. The van der Waals surface area contributed by atoms with E-state index in [1.807, 2.05) is 0 Å². The molecule has 1 heterocycles. The fourth-order valence-corrected chi connectivity index (χ4v) is 3.24. The Morgan fingerprint density at radius 3 is 3.05 bits per heavy atom. The first-order valence-electron chi connectivity index (χ1n) is 6.10. The lowest BCUT2D eigenvalue weighted by atomic mass is 10.1. The van der Waals surface area contributed by atoms with Crippen LogP contribution in [-0.2, 0) is 4.79 Å². The number of benzene rings is 1. The molecule has 2 unspecified atom stereocenters. The highest BCUT2D eigenvalue weighted by atomic mass is 35.5. The molecule has 19 heavy (non-hydrogen) atoms. The van der Waals surface area contributed by atoms with Crippen molar-refractivity contribution in [1.82, 2.24) is 5.32 Å². The molecule has 104 valence electrons. The lowest BCUT2D eigenvalue weighted by Gasteiger charge is -2.14. The summed E-state index contributed by atoms with van der Waals surface area (Å²) in [5.74, 6) is 0.370. The van der Waals surface area contributed by atoms with E-state index in [9.17, 15) is 14.3 Å². The van der Waals surface area contributed by atoms with Crippen LogP contribution in [0, 0.1) is 5.82 Å². The van der Waals surface area contributed by atoms with Crippen molar-refractivity contribution in [2.75, 3.05) is 12.3 Å². The fraction of sp³-hybridized carbons (Fsp3) is 0.462. The van der Waals surface area contributed by atoms with Crippen molar-refractivity contribution >= 4 is 29.3 Å². The SMILES string of the molecule is O=C(NCC(O)c1ccc(Cl)c(F)c1)C1CCCS1. The summed E-state index contributed by atoms with van der Waals surface area (Å²) >= 11 is 7.20. The molecule has 0 spiro atoms. The van der Waals surface area contributed by atoms with Crippen molar-refractivity contribution in [3.8, 4) is 0 Å². The number of carbonyl (C=O) groups is 1. The Labute approximate surface area is 120 Å². The maximum atomic E-state index is 13.3. The van der Waals surface area contributed by atoms with E-state index in [4.69, 9.17) is 11.6 Å². The van der Waals surface area contributed by atoms with Crippen LogP contribution < -0.4 is 5.32 Å². The smallest absolute Gasteiger partial charge is 0.233 e. The molecule has 2 rings (SSSR count). The van der Waals surface area contributed by atoms with Crippen LogP contribution in [0.4, 0.5) is 4.39 Å². The molecule has 1 aromatic carbocycles. The number of aliphatic hydroxyl groups excluding tert-OH is 1. The zero-order valence-corrected chi connectivity index (χ0v) is 11.8.